The molecule has 5 heteroatoms. The maximum Gasteiger partial charge on any atom is 0.161 e. The SMILES string of the molecule is N#Cc1cnc(-c2ccc(Cl)cc2)nc1N. The van der Waals surface area contributed by atoms with E-state index in [1.165, 1.54) is 6.20 Å². The molecule has 0 saturated carbocycles. The molecule has 0 bridgehead atoms. The molecule has 0 aliphatic carbocycles. The molecule has 0 unspecified atom stereocenters. The second-order valence-corrected chi connectivity index (χ2v) is 3.55. The summed E-state index contributed by atoms with van der Waals surface area (Å²) in [4.78, 5) is 8.10. The summed E-state index contributed by atoms with van der Waals surface area (Å²) < 4.78 is 0. The molecule has 78 valence electrons. The summed E-state index contributed by atoms with van der Waals surface area (Å²) >= 11 is 5.77. The molecule has 4 nitrogen and oxygen atoms in total. The van der Waals surface area contributed by atoms with E-state index in [0.29, 0.717) is 10.8 Å². The Hall–Kier alpha value is -2.12. The van der Waals surface area contributed by atoms with Crippen molar-refractivity contribution >= 4 is 17.4 Å². The molecule has 2 N–H and O–H groups in total. The summed E-state index contributed by atoms with van der Waals surface area (Å²) in [6.45, 7) is 0. The van der Waals surface area contributed by atoms with Gasteiger partial charge in [-0.3, -0.25) is 0 Å². The Bertz CT molecular complexity index is 557. The van der Waals surface area contributed by atoms with E-state index in [2.05, 4.69) is 9.97 Å². The third-order valence-corrected chi connectivity index (χ3v) is 2.29. The zero-order valence-electron chi connectivity index (χ0n) is 8.18. The van der Waals surface area contributed by atoms with Crippen molar-refractivity contribution in [3.63, 3.8) is 0 Å². The van der Waals surface area contributed by atoms with Gasteiger partial charge in [0.2, 0.25) is 0 Å². The Balaban J connectivity index is 2.46. The molecule has 0 aliphatic rings. The van der Waals surface area contributed by atoms with Crippen molar-refractivity contribution in [1.29, 1.82) is 5.26 Å². The molecule has 2 aromatic rings. The van der Waals surface area contributed by atoms with Gasteiger partial charge >= 0.3 is 0 Å². The Morgan fingerprint density at radius 2 is 1.94 bits per heavy atom. The number of halogens is 1. The number of benzene rings is 1. The third kappa shape index (κ3) is 1.95. The monoisotopic (exact) mass is 230 g/mol. The first-order valence-electron chi connectivity index (χ1n) is 4.49. The number of nitrogens with zero attached hydrogens (tertiary/aromatic N) is 3. The highest BCUT2D eigenvalue weighted by atomic mass is 35.5. The fourth-order valence-electron chi connectivity index (χ4n) is 1.22. The number of nitriles is 1. The fourth-order valence-corrected chi connectivity index (χ4v) is 1.35. The van der Waals surface area contributed by atoms with Gasteiger partial charge in [0.05, 0.1) is 6.20 Å². The van der Waals surface area contributed by atoms with Crippen LogP contribution in [0.5, 0.6) is 0 Å². The van der Waals surface area contributed by atoms with E-state index in [0.717, 1.165) is 5.56 Å². The summed E-state index contributed by atoms with van der Waals surface area (Å²) in [5.74, 6) is 0.663. The number of anilines is 1. The molecule has 1 aromatic carbocycles. The minimum atomic E-state index is 0.183. The Morgan fingerprint density at radius 3 is 2.50 bits per heavy atom. The maximum absolute atomic E-state index is 8.69. The predicted molar refractivity (Wildman–Crippen MR) is 61.6 cm³/mol. The van der Waals surface area contributed by atoms with Gasteiger partial charge in [-0.2, -0.15) is 5.26 Å². The van der Waals surface area contributed by atoms with E-state index in [1.54, 1.807) is 24.3 Å². The number of rotatable bonds is 1. The topological polar surface area (TPSA) is 75.6 Å². The predicted octanol–water partition coefficient (Wildman–Crippen LogP) is 2.25. The van der Waals surface area contributed by atoms with Gasteiger partial charge in [-0.05, 0) is 24.3 Å². The van der Waals surface area contributed by atoms with Crippen LogP contribution in [0.3, 0.4) is 0 Å². The zero-order chi connectivity index (χ0) is 11.5. The van der Waals surface area contributed by atoms with Crippen molar-refractivity contribution in [2.24, 2.45) is 0 Å². The van der Waals surface area contributed by atoms with Gasteiger partial charge in [0.25, 0.3) is 0 Å². The lowest BCUT2D eigenvalue weighted by Gasteiger charge is -2.01. The molecular weight excluding hydrogens is 224 g/mol. The zero-order valence-corrected chi connectivity index (χ0v) is 8.94. The normalized spacial score (nSPS) is 9.75. The largest absolute Gasteiger partial charge is 0.382 e. The van der Waals surface area contributed by atoms with Gasteiger partial charge in [0.15, 0.2) is 5.82 Å². The maximum atomic E-state index is 8.69. The lowest BCUT2D eigenvalue weighted by Crippen LogP contribution is -1.98. The number of aromatic nitrogens is 2. The van der Waals surface area contributed by atoms with E-state index in [-0.39, 0.29) is 11.4 Å². The van der Waals surface area contributed by atoms with Crippen LogP contribution in [0.2, 0.25) is 5.02 Å². The first-order valence-corrected chi connectivity index (χ1v) is 4.87. The van der Waals surface area contributed by atoms with Crippen LogP contribution in [0.25, 0.3) is 11.4 Å². The fraction of sp³-hybridized carbons (Fsp3) is 0. The van der Waals surface area contributed by atoms with Crippen LogP contribution >= 0.6 is 11.6 Å². The smallest absolute Gasteiger partial charge is 0.161 e. The first-order chi connectivity index (χ1) is 7.70. The van der Waals surface area contributed by atoms with Crippen molar-refractivity contribution in [2.45, 2.75) is 0 Å². The highest BCUT2D eigenvalue weighted by molar-refractivity contribution is 6.30. The molecule has 0 spiro atoms. The minimum absolute atomic E-state index is 0.183. The molecule has 1 heterocycles. The van der Waals surface area contributed by atoms with Gasteiger partial charge in [0.1, 0.15) is 17.5 Å². The van der Waals surface area contributed by atoms with E-state index >= 15 is 0 Å². The molecule has 16 heavy (non-hydrogen) atoms. The van der Waals surface area contributed by atoms with E-state index in [1.807, 2.05) is 6.07 Å². The van der Waals surface area contributed by atoms with E-state index in [9.17, 15) is 0 Å². The second kappa shape index (κ2) is 4.17. The molecule has 0 saturated heterocycles. The standard InChI is InChI=1S/C11H7ClN4/c12-9-3-1-7(2-4-9)11-15-6-8(5-13)10(14)16-11/h1-4,6H,(H2,14,15,16). The van der Waals surface area contributed by atoms with Crippen LogP contribution in [-0.4, -0.2) is 9.97 Å². The second-order valence-electron chi connectivity index (χ2n) is 3.11. The van der Waals surface area contributed by atoms with Crippen LogP contribution in [0.15, 0.2) is 30.5 Å². The Kier molecular flexibility index (Phi) is 2.71. The number of hydrogen-bond donors (Lipinski definition) is 1. The van der Waals surface area contributed by atoms with Crippen LogP contribution in [0, 0.1) is 11.3 Å². The molecule has 1 aromatic heterocycles. The highest BCUT2D eigenvalue weighted by Gasteiger charge is 2.05. The van der Waals surface area contributed by atoms with Gasteiger partial charge in [0, 0.05) is 10.6 Å². The van der Waals surface area contributed by atoms with Crippen molar-refractivity contribution in [3.8, 4) is 17.5 Å². The number of nitrogen functional groups attached to an aromatic ring is 1. The average molecular weight is 231 g/mol. The third-order valence-electron chi connectivity index (χ3n) is 2.04. The molecule has 0 radical (unpaired) electrons. The highest BCUT2D eigenvalue weighted by Crippen LogP contribution is 2.19. The molecule has 0 atom stereocenters. The van der Waals surface area contributed by atoms with Crippen molar-refractivity contribution < 1.29 is 0 Å². The summed E-state index contributed by atoms with van der Waals surface area (Å²) in [5.41, 5.74) is 6.68. The average Bonchev–Trinajstić information content (AvgIpc) is 2.30. The van der Waals surface area contributed by atoms with Gasteiger partial charge < -0.3 is 5.73 Å². The molecule has 2 rings (SSSR count). The minimum Gasteiger partial charge on any atom is -0.382 e. The molecular formula is C11H7ClN4. The van der Waals surface area contributed by atoms with Gasteiger partial charge in [-0.1, -0.05) is 11.6 Å². The summed E-state index contributed by atoms with van der Waals surface area (Å²) in [5, 5.41) is 9.33. The van der Waals surface area contributed by atoms with Crippen LogP contribution < -0.4 is 5.73 Å². The summed E-state index contributed by atoms with van der Waals surface area (Å²) in [6, 6.07) is 8.99. The van der Waals surface area contributed by atoms with Crippen LogP contribution in [0.1, 0.15) is 5.56 Å². The molecule has 0 aliphatic heterocycles. The van der Waals surface area contributed by atoms with Gasteiger partial charge in [-0.25, -0.2) is 9.97 Å². The molecule has 0 fully saturated rings. The first kappa shape index (κ1) is 10.4. The van der Waals surface area contributed by atoms with Gasteiger partial charge in [-0.15, -0.1) is 0 Å². The van der Waals surface area contributed by atoms with Crippen molar-refractivity contribution in [1.82, 2.24) is 9.97 Å². The van der Waals surface area contributed by atoms with E-state index < -0.39 is 0 Å². The number of nitrogens with two attached hydrogens (primary N) is 1. The number of hydrogen-bond acceptors (Lipinski definition) is 4. The van der Waals surface area contributed by atoms with Crippen molar-refractivity contribution in [3.05, 3.63) is 41.0 Å². The lowest BCUT2D eigenvalue weighted by atomic mass is 10.2. The summed E-state index contributed by atoms with van der Waals surface area (Å²) in [6.07, 6.45) is 1.41. The quantitative estimate of drug-likeness (QED) is 0.815. The van der Waals surface area contributed by atoms with Crippen molar-refractivity contribution in [2.75, 3.05) is 5.73 Å². The Morgan fingerprint density at radius 1 is 1.25 bits per heavy atom. The lowest BCUT2D eigenvalue weighted by molar-refractivity contribution is 1.17. The Labute approximate surface area is 97.3 Å². The van der Waals surface area contributed by atoms with Crippen LogP contribution in [-0.2, 0) is 0 Å². The van der Waals surface area contributed by atoms with E-state index in [4.69, 9.17) is 22.6 Å². The molecule has 0 amide bonds. The van der Waals surface area contributed by atoms with Crippen LogP contribution in [0.4, 0.5) is 5.82 Å². The summed E-state index contributed by atoms with van der Waals surface area (Å²) in [7, 11) is 0.